The van der Waals surface area contributed by atoms with Crippen molar-refractivity contribution >= 4 is 33.1 Å². The molecule has 0 unspecified atom stereocenters. The number of hydrogen-bond acceptors (Lipinski definition) is 5. The molecule has 2 aromatic rings. The van der Waals surface area contributed by atoms with Gasteiger partial charge in [0.2, 0.25) is 0 Å². The maximum atomic E-state index is 12.1. The van der Waals surface area contributed by atoms with Gasteiger partial charge in [-0.2, -0.15) is 0 Å². The predicted molar refractivity (Wildman–Crippen MR) is 73.4 cm³/mol. The fourth-order valence-electron chi connectivity index (χ4n) is 1.37. The number of halogens is 1. The van der Waals surface area contributed by atoms with Gasteiger partial charge in [-0.3, -0.25) is 9.71 Å². The predicted octanol–water partition coefficient (Wildman–Crippen LogP) is 1.82. The number of nitrogens with zero attached hydrogens (tertiary/aromatic N) is 2. The number of nitrogens with two attached hydrogens (primary N) is 1. The van der Waals surface area contributed by atoms with E-state index in [0.29, 0.717) is 11.3 Å². The summed E-state index contributed by atoms with van der Waals surface area (Å²) in [4.78, 5) is 7.56. The van der Waals surface area contributed by atoms with Crippen molar-refractivity contribution in [3.63, 3.8) is 0 Å². The highest BCUT2D eigenvalue weighted by atomic mass is 35.5. The zero-order valence-electron chi connectivity index (χ0n) is 9.96. The van der Waals surface area contributed by atoms with Crippen LogP contribution in [0.1, 0.15) is 5.56 Å². The van der Waals surface area contributed by atoms with Crippen molar-refractivity contribution in [1.82, 2.24) is 9.97 Å². The molecule has 2 rings (SSSR count). The largest absolute Gasteiger partial charge is 0.382 e. The Kier molecular flexibility index (Phi) is 3.59. The van der Waals surface area contributed by atoms with E-state index in [9.17, 15) is 8.42 Å². The molecule has 6 nitrogen and oxygen atoms in total. The number of aryl methyl sites for hydroxylation is 1. The van der Waals surface area contributed by atoms with Crippen molar-refractivity contribution in [2.24, 2.45) is 0 Å². The Hall–Kier alpha value is -1.86. The van der Waals surface area contributed by atoms with Crippen LogP contribution in [0.25, 0.3) is 0 Å². The highest BCUT2D eigenvalue weighted by Crippen LogP contribution is 2.22. The molecule has 0 aromatic carbocycles. The Bertz CT molecular complexity index is 718. The number of anilines is 2. The van der Waals surface area contributed by atoms with Crippen molar-refractivity contribution in [1.29, 1.82) is 0 Å². The first-order chi connectivity index (χ1) is 8.90. The molecule has 0 fully saturated rings. The minimum Gasteiger partial charge on any atom is -0.382 e. The maximum Gasteiger partial charge on any atom is 0.263 e. The lowest BCUT2D eigenvalue weighted by molar-refractivity contribution is 0.601. The molecule has 0 atom stereocenters. The summed E-state index contributed by atoms with van der Waals surface area (Å²) in [7, 11) is -3.76. The van der Waals surface area contributed by atoms with Gasteiger partial charge < -0.3 is 5.73 Å². The van der Waals surface area contributed by atoms with Crippen LogP contribution < -0.4 is 10.5 Å². The van der Waals surface area contributed by atoms with Crippen molar-refractivity contribution in [2.75, 3.05) is 10.5 Å². The van der Waals surface area contributed by atoms with Gasteiger partial charge in [-0.05, 0) is 24.6 Å². The molecule has 0 aliphatic carbocycles. The molecule has 100 valence electrons. The zero-order valence-corrected chi connectivity index (χ0v) is 11.5. The molecule has 0 aliphatic heterocycles. The quantitative estimate of drug-likeness (QED) is 0.900. The fraction of sp³-hybridized carbons (Fsp3) is 0.0909. The first kappa shape index (κ1) is 13.6. The Morgan fingerprint density at radius 2 is 2.11 bits per heavy atom. The third-order valence-corrected chi connectivity index (χ3v) is 4.05. The number of nitrogens with one attached hydrogen (secondary N) is 1. The fourth-order valence-corrected chi connectivity index (χ4v) is 2.70. The number of hydrogen-bond donors (Lipinski definition) is 2. The lowest BCUT2D eigenvalue weighted by Crippen LogP contribution is -2.14. The lowest BCUT2D eigenvalue weighted by Gasteiger charge is -2.10. The summed E-state index contributed by atoms with van der Waals surface area (Å²) in [6.45, 7) is 1.75. The van der Waals surface area contributed by atoms with Crippen LogP contribution in [-0.2, 0) is 10.0 Å². The van der Waals surface area contributed by atoms with E-state index in [4.69, 9.17) is 17.3 Å². The molecule has 19 heavy (non-hydrogen) atoms. The van der Waals surface area contributed by atoms with Crippen LogP contribution in [0.2, 0.25) is 5.02 Å². The van der Waals surface area contributed by atoms with Crippen LogP contribution in [0, 0.1) is 6.92 Å². The summed E-state index contributed by atoms with van der Waals surface area (Å²) in [6.07, 6.45) is 4.21. The number of nitrogen functional groups attached to an aromatic ring is 1. The SMILES string of the molecule is Cc1cnccc1NS(=O)(=O)c1cnc(N)c(Cl)c1. The molecule has 0 bridgehead atoms. The van der Waals surface area contributed by atoms with Crippen molar-refractivity contribution in [2.45, 2.75) is 11.8 Å². The summed E-state index contributed by atoms with van der Waals surface area (Å²) >= 11 is 5.76. The summed E-state index contributed by atoms with van der Waals surface area (Å²) in [6, 6.07) is 2.82. The minimum atomic E-state index is -3.76. The van der Waals surface area contributed by atoms with Gasteiger partial charge in [0.05, 0.1) is 10.7 Å². The molecule has 8 heteroatoms. The first-order valence-corrected chi connectivity index (χ1v) is 7.11. The van der Waals surface area contributed by atoms with Gasteiger partial charge in [0.15, 0.2) is 0 Å². The number of pyridine rings is 2. The molecule has 0 spiro atoms. The molecule has 0 radical (unpaired) electrons. The summed E-state index contributed by atoms with van der Waals surface area (Å²) in [5.41, 5.74) is 6.60. The van der Waals surface area contributed by atoms with E-state index in [1.165, 1.54) is 12.3 Å². The third kappa shape index (κ3) is 2.94. The molecule has 2 heterocycles. The molecule has 0 saturated heterocycles. The van der Waals surface area contributed by atoms with E-state index in [1.54, 1.807) is 19.2 Å². The van der Waals surface area contributed by atoms with E-state index in [-0.39, 0.29) is 15.7 Å². The first-order valence-electron chi connectivity index (χ1n) is 5.24. The van der Waals surface area contributed by atoms with Gasteiger partial charge in [-0.1, -0.05) is 11.6 Å². The second-order valence-corrected chi connectivity index (χ2v) is 5.92. The lowest BCUT2D eigenvalue weighted by atomic mass is 10.3. The van der Waals surface area contributed by atoms with Crippen LogP contribution in [0.3, 0.4) is 0 Å². The summed E-state index contributed by atoms with van der Waals surface area (Å²) < 4.78 is 26.7. The average Bonchev–Trinajstić information content (AvgIpc) is 2.35. The monoisotopic (exact) mass is 298 g/mol. The van der Waals surface area contributed by atoms with Crippen LogP contribution in [0.15, 0.2) is 35.6 Å². The minimum absolute atomic E-state index is 0.0529. The van der Waals surface area contributed by atoms with Gasteiger partial charge in [0.1, 0.15) is 10.7 Å². The van der Waals surface area contributed by atoms with E-state index in [1.807, 2.05) is 0 Å². The van der Waals surface area contributed by atoms with Gasteiger partial charge in [0.25, 0.3) is 10.0 Å². The van der Waals surface area contributed by atoms with Gasteiger partial charge in [-0.25, -0.2) is 13.4 Å². The maximum absolute atomic E-state index is 12.1. The van der Waals surface area contributed by atoms with Crippen LogP contribution >= 0.6 is 11.6 Å². The number of rotatable bonds is 3. The Morgan fingerprint density at radius 1 is 1.37 bits per heavy atom. The summed E-state index contributed by atoms with van der Waals surface area (Å²) in [5, 5.41) is 0.0920. The van der Waals surface area contributed by atoms with Gasteiger partial charge in [-0.15, -0.1) is 0 Å². The van der Waals surface area contributed by atoms with Crippen LogP contribution in [0.4, 0.5) is 11.5 Å². The molecular weight excluding hydrogens is 288 g/mol. The molecular formula is C11H11ClN4O2S. The van der Waals surface area contributed by atoms with E-state index in [2.05, 4.69) is 14.7 Å². The van der Waals surface area contributed by atoms with E-state index < -0.39 is 10.0 Å². The molecule has 0 amide bonds. The van der Waals surface area contributed by atoms with Crippen molar-refractivity contribution < 1.29 is 8.42 Å². The summed E-state index contributed by atoms with van der Waals surface area (Å²) in [5.74, 6) is 0.0840. The second kappa shape index (κ2) is 5.02. The third-order valence-electron chi connectivity index (χ3n) is 2.42. The average molecular weight is 299 g/mol. The van der Waals surface area contributed by atoms with Crippen LogP contribution in [0.5, 0.6) is 0 Å². The molecule has 0 aliphatic rings. The molecule has 0 saturated carbocycles. The normalized spacial score (nSPS) is 11.3. The molecule has 3 N–H and O–H groups in total. The van der Waals surface area contributed by atoms with Crippen LogP contribution in [-0.4, -0.2) is 18.4 Å². The Balaban J connectivity index is 2.38. The standard InChI is InChI=1S/C11H11ClN4O2S/c1-7-5-14-3-2-10(7)16-19(17,18)8-4-9(12)11(13)15-6-8/h2-6H,1H3,(H2,13,15)(H,14,16). The van der Waals surface area contributed by atoms with Crippen molar-refractivity contribution in [3.8, 4) is 0 Å². The Morgan fingerprint density at radius 3 is 2.74 bits per heavy atom. The van der Waals surface area contributed by atoms with Gasteiger partial charge >= 0.3 is 0 Å². The van der Waals surface area contributed by atoms with Gasteiger partial charge in [0, 0.05) is 18.6 Å². The van der Waals surface area contributed by atoms with E-state index >= 15 is 0 Å². The number of aromatic nitrogens is 2. The highest BCUT2D eigenvalue weighted by molar-refractivity contribution is 7.92. The topological polar surface area (TPSA) is 98.0 Å². The second-order valence-electron chi connectivity index (χ2n) is 3.83. The Labute approximate surface area is 115 Å². The van der Waals surface area contributed by atoms with Crippen molar-refractivity contribution in [3.05, 3.63) is 41.3 Å². The number of sulfonamides is 1. The van der Waals surface area contributed by atoms with E-state index in [0.717, 1.165) is 6.20 Å². The smallest absolute Gasteiger partial charge is 0.263 e. The molecule has 2 aromatic heterocycles. The highest BCUT2D eigenvalue weighted by Gasteiger charge is 2.17. The zero-order chi connectivity index (χ0) is 14.0.